The normalized spacial score (nSPS) is 25.0. The average Bonchev–Trinajstić information content (AvgIpc) is 2.39. The molecule has 0 bridgehead atoms. The zero-order chi connectivity index (χ0) is 14.5. The maximum absolute atomic E-state index is 10.5. The number of benzene rings is 1. The molecule has 2 rings (SSSR count). The summed E-state index contributed by atoms with van der Waals surface area (Å²) >= 11 is 3.55. The molecule has 1 aromatic carbocycles. The van der Waals surface area contributed by atoms with E-state index in [0.717, 1.165) is 35.9 Å². The first-order chi connectivity index (χ1) is 9.65. The molecule has 0 aromatic heterocycles. The number of aliphatic hydroxyl groups excluding tert-OH is 1. The first-order valence-corrected chi connectivity index (χ1v) is 8.19. The highest BCUT2D eigenvalue weighted by atomic mass is 79.9. The smallest absolute Gasteiger partial charge is 0.0623 e. The minimum atomic E-state index is -0.383. The third-order valence-corrected chi connectivity index (χ3v) is 4.91. The Bertz CT molecular complexity index is 421. The van der Waals surface area contributed by atoms with Crippen LogP contribution >= 0.6 is 15.9 Å². The molecule has 1 saturated carbocycles. The Morgan fingerprint density at radius 1 is 1.40 bits per heavy atom. The minimum absolute atomic E-state index is 0.00304. The fraction of sp³-hybridized carbons (Fsp3) is 0.625. The van der Waals surface area contributed by atoms with Crippen LogP contribution in [0, 0.1) is 5.92 Å². The van der Waals surface area contributed by atoms with Gasteiger partial charge in [0.1, 0.15) is 0 Å². The molecule has 2 atom stereocenters. The van der Waals surface area contributed by atoms with Crippen LogP contribution in [0.1, 0.15) is 37.7 Å². The van der Waals surface area contributed by atoms with Crippen LogP contribution in [0.5, 0.6) is 0 Å². The van der Waals surface area contributed by atoms with Gasteiger partial charge in [0.05, 0.1) is 12.2 Å². The molecule has 2 unspecified atom stereocenters. The van der Waals surface area contributed by atoms with E-state index in [1.54, 1.807) is 0 Å². The Kier molecular flexibility index (Phi) is 6.02. The largest absolute Gasteiger partial charge is 0.392 e. The SMILES string of the molecule is CCOC1CC(CC(O)C(CN)c2ccccc2Br)C1. The predicted molar refractivity (Wildman–Crippen MR) is 84.7 cm³/mol. The fourth-order valence-corrected chi connectivity index (χ4v) is 3.59. The molecular weight excluding hydrogens is 318 g/mol. The summed E-state index contributed by atoms with van der Waals surface area (Å²) in [4.78, 5) is 0. The monoisotopic (exact) mass is 341 g/mol. The van der Waals surface area contributed by atoms with Gasteiger partial charge in [-0.15, -0.1) is 0 Å². The molecule has 0 aliphatic heterocycles. The molecule has 1 aromatic rings. The van der Waals surface area contributed by atoms with E-state index in [1.807, 2.05) is 31.2 Å². The molecule has 3 N–H and O–H groups in total. The Hall–Kier alpha value is -0.420. The summed E-state index contributed by atoms with van der Waals surface area (Å²) in [5, 5.41) is 10.5. The van der Waals surface area contributed by atoms with Gasteiger partial charge in [-0.1, -0.05) is 34.1 Å². The van der Waals surface area contributed by atoms with Crippen molar-refractivity contribution in [2.75, 3.05) is 13.2 Å². The van der Waals surface area contributed by atoms with Gasteiger partial charge >= 0.3 is 0 Å². The van der Waals surface area contributed by atoms with Crippen LogP contribution in [0.15, 0.2) is 28.7 Å². The van der Waals surface area contributed by atoms with Crippen LogP contribution in [-0.4, -0.2) is 30.5 Å². The van der Waals surface area contributed by atoms with Crippen molar-refractivity contribution in [1.82, 2.24) is 0 Å². The van der Waals surface area contributed by atoms with Gasteiger partial charge in [-0.2, -0.15) is 0 Å². The fourth-order valence-electron chi connectivity index (χ4n) is 3.01. The lowest BCUT2D eigenvalue weighted by molar-refractivity contribution is -0.0398. The van der Waals surface area contributed by atoms with Gasteiger partial charge in [0, 0.05) is 23.5 Å². The second-order valence-electron chi connectivity index (χ2n) is 5.58. The van der Waals surface area contributed by atoms with Crippen molar-refractivity contribution in [1.29, 1.82) is 0 Å². The number of hydrogen-bond acceptors (Lipinski definition) is 3. The van der Waals surface area contributed by atoms with Crippen molar-refractivity contribution in [3.8, 4) is 0 Å². The Balaban J connectivity index is 1.90. The number of rotatable bonds is 7. The van der Waals surface area contributed by atoms with Crippen LogP contribution in [-0.2, 0) is 4.74 Å². The number of halogens is 1. The van der Waals surface area contributed by atoms with Crippen LogP contribution in [0.3, 0.4) is 0 Å². The third-order valence-electron chi connectivity index (χ3n) is 4.19. The second kappa shape index (κ2) is 7.55. The lowest BCUT2D eigenvalue weighted by Gasteiger charge is -2.37. The molecule has 1 fully saturated rings. The number of ether oxygens (including phenoxy) is 1. The standard InChI is InChI=1S/C16H24BrNO2/c1-2-20-12-7-11(8-12)9-16(19)14(10-18)13-5-3-4-6-15(13)17/h3-6,11-12,14,16,19H,2,7-10,18H2,1H3. The van der Waals surface area contributed by atoms with E-state index < -0.39 is 0 Å². The summed E-state index contributed by atoms with van der Waals surface area (Å²) in [6.45, 7) is 3.27. The van der Waals surface area contributed by atoms with E-state index in [4.69, 9.17) is 10.5 Å². The molecule has 112 valence electrons. The van der Waals surface area contributed by atoms with Crippen molar-refractivity contribution in [3.05, 3.63) is 34.3 Å². The molecule has 0 radical (unpaired) electrons. The number of hydrogen-bond donors (Lipinski definition) is 2. The van der Waals surface area contributed by atoms with E-state index in [9.17, 15) is 5.11 Å². The molecule has 1 aliphatic rings. The van der Waals surface area contributed by atoms with Crippen LogP contribution in [0.25, 0.3) is 0 Å². The highest BCUT2D eigenvalue weighted by molar-refractivity contribution is 9.10. The van der Waals surface area contributed by atoms with Gasteiger partial charge in [0.2, 0.25) is 0 Å². The molecule has 0 spiro atoms. The summed E-state index contributed by atoms with van der Waals surface area (Å²) in [6.07, 6.45) is 2.96. The molecule has 0 amide bonds. The molecule has 1 aliphatic carbocycles. The molecule has 4 heteroatoms. The molecule has 0 saturated heterocycles. The Labute approximate surface area is 129 Å². The first-order valence-electron chi connectivity index (χ1n) is 7.39. The van der Waals surface area contributed by atoms with Gasteiger partial charge in [-0.25, -0.2) is 0 Å². The van der Waals surface area contributed by atoms with E-state index in [0.29, 0.717) is 18.6 Å². The maximum atomic E-state index is 10.5. The summed E-state index contributed by atoms with van der Waals surface area (Å²) in [6, 6.07) is 8.00. The Morgan fingerprint density at radius 2 is 2.10 bits per heavy atom. The number of nitrogens with two attached hydrogens (primary N) is 1. The van der Waals surface area contributed by atoms with Crippen LogP contribution < -0.4 is 5.73 Å². The highest BCUT2D eigenvalue weighted by Gasteiger charge is 2.33. The second-order valence-corrected chi connectivity index (χ2v) is 6.44. The molecule has 20 heavy (non-hydrogen) atoms. The summed E-state index contributed by atoms with van der Waals surface area (Å²) in [5.74, 6) is 0.565. The molecular formula is C16H24BrNO2. The van der Waals surface area contributed by atoms with E-state index in [1.165, 1.54) is 0 Å². The summed E-state index contributed by atoms with van der Waals surface area (Å²) < 4.78 is 6.59. The zero-order valence-electron chi connectivity index (χ0n) is 12.0. The van der Waals surface area contributed by atoms with Crippen molar-refractivity contribution in [3.63, 3.8) is 0 Å². The van der Waals surface area contributed by atoms with Crippen LogP contribution in [0.4, 0.5) is 0 Å². The zero-order valence-corrected chi connectivity index (χ0v) is 13.6. The maximum Gasteiger partial charge on any atom is 0.0623 e. The topological polar surface area (TPSA) is 55.5 Å². The van der Waals surface area contributed by atoms with Gasteiger partial charge in [-0.3, -0.25) is 0 Å². The molecule has 3 nitrogen and oxygen atoms in total. The lowest BCUT2D eigenvalue weighted by Crippen LogP contribution is -2.36. The van der Waals surface area contributed by atoms with E-state index >= 15 is 0 Å². The van der Waals surface area contributed by atoms with E-state index in [2.05, 4.69) is 15.9 Å². The summed E-state index contributed by atoms with van der Waals surface area (Å²) in [7, 11) is 0. The van der Waals surface area contributed by atoms with Gasteiger partial charge in [-0.05, 0) is 43.7 Å². The summed E-state index contributed by atoms with van der Waals surface area (Å²) in [5.41, 5.74) is 6.98. The van der Waals surface area contributed by atoms with Crippen LogP contribution in [0.2, 0.25) is 0 Å². The number of aliphatic hydroxyl groups is 1. The highest BCUT2D eigenvalue weighted by Crippen LogP contribution is 2.37. The van der Waals surface area contributed by atoms with Crippen molar-refractivity contribution in [2.45, 2.75) is 44.3 Å². The minimum Gasteiger partial charge on any atom is -0.392 e. The van der Waals surface area contributed by atoms with Gasteiger partial charge < -0.3 is 15.6 Å². The Morgan fingerprint density at radius 3 is 2.70 bits per heavy atom. The van der Waals surface area contributed by atoms with Crippen molar-refractivity contribution in [2.24, 2.45) is 11.7 Å². The molecule has 0 heterocycles. The first kappa shape index (κ1) is 16.0. The van der Waals surface area contributed by atoms with Gasteiger partial charge in [0.25, 0.3) is 0 Å². The third kappa shape index (κ3) is 3.82. The van der Waals surface area contributed by atoms with Crippen molar-refractivity contribution < 1.29 is 9.84 Å². The van der Waals surface area contributed by atoms with E-state index in [-0.39, 0.29) is 12.0 Å². The van der Waals surface area contributed by atoms with Gasteiger partial charge in [0.15, 0.2) is 0 Å². The lowest BCUT2D eigenvalue weighted by atomic mass is 9.76. The predicted octanol–water partition coefficient (Wildman–Crippen LogP) is 3.06. The quantitative estimate of drug-likeness (QED) is 0.801. The van der Waals surface area contributed by atoms with Crippen molar-refractivity contribution >= 4 is 15.9 Å². The average molecular weight is 342 g/mol.